The van der Waals surface area contributed by atoms with Crippen molar-refractivity contribution in [3.8, 4) is 0 Å². The average Bonchev–Trinajstić information content (AvgIpc) is 2.45. The fraction of sp³-hybridized carbons (Fsp3) is 0.467. The summed E-state index contributed by atoms with van der Waals surface area (Å²) in [4.78, 5) is 23.9. The molecule has 5 heteroatoms. The Morgan fingerprint density at radius 3 is 2.55 bits per heavy atom. The summed E-state index contributed by atoms with van der Waals surface area (Å²) in [7, 11) is 0. The largest absolute Gasteiger partial charge is 0.353 e. The molecule has 0 heterocycles. The van der Waals surface area contributed by atoms with Crippen molar-refractivity contribution in [2.75, 3.05) is 13.1 Å². The second-order valence-electron chi connectivity index (χ2n) is 4.65. The summed E-state index contributed by atoms with van der Waals surface area (Å²) in [6.45, 7) is 2.79. The Hall–Kier alpha value is -1.88. The molecule has 0 bridgehead atoms. The normalized spacial score (nSPS) is 11.7. The molecule has 20 heavy (non-hydrogen) atoms. The highest BCUT2D eigenvalue weighted by atomic mass is 16.2. The van der Waals surface area contributed by atoms with E-state index in [1.807, 2.05) is 37.3 Å². The van der Waals surface area contributed by atoms with Crippen LogP contribution in [0.25, 0.3) is 0 Å². The first-order chi connectivity index (χ1) is 9.67. The summed E-state index contributed by atoms with van der Waals surface area (Å²) >= 11 is 0. The van der Waals surface area contributed by atoms with Crippen LogP contribution in [-0.4, -0.2) is 30.9 Å². The van der Waals surface area contributed by atoms with E-state index in [4.69, 9.17) is 5.73 Å². The fourth-order valence-electron chi connectivity index (χ4n) is 1.90. The SMILES string of the molecule is CCCC(NC(=O)Cc1ccccc1)C(=O)NCCN. The van der Waals surface area contributed by atoms with Gasteiger partial charge in [0.05, 0.1) is 6.42 Å². The molecule has 0 aliphatic rings. The maximum absolute atomic E-state index is 12.0. The smallest absolute Gasteiger partial charge is 0.242 e. The number of amides is 2. The van der Waals surface area contributed by atoms with Crippen LogP contribution in [0.2, 0.25) is 0 Å². The molecule has 1 aromatic carbocycles. The minimum atomic E-state index is -0.484. The van der Waals surface area contributed by atoms with E-state index in [0.717, 1.165) is 12.0 Å². The topological polar surface area (TPSA) is 84.2 Å². The van der Waals surface area contributed by atoms with E-state index < -0.39 is 6.04 Å². The van der Waals surface area contributed by atoms with Crippen molar-refractivity contribution >= 4 is 11.8 Å². The van der Waals surface area contributed by atoms with Gasteiger partial charge in [-0.3, -0.25) is 9.59 Å². The first-order valence-corrected chi connectivity index (χ1v) is 6.98. The highest BCUT2D eigenvalue weighted by Crippen LogP contribution is 2.02. The monoisotopic (exact) mass is 277 g/mol. The van der Waals surface area contributed by atoms with E-state index in [1.54, 1.807) is 0 Å². The number of carbonyl (C=O) groups excluding carboxylic acids is 2. The molecular weight excluding hydrogens is 254 g/mol. The summed E-state index contributed by atoms with van der Waals surface area (Å²) in [5.41, 5.74) is 6.29. The van der Waals surface area contributed by atoms with Crippen LogP contribution in [0.3, 0.4) is 0 Å². The van der Waals surface area contributed by atoms with E-state index in [2.05, 4.69) is 10.6 Å². The van der Waals surface area contributed by atoms with Crippen molar-refractivity contribution in [1.29, 1.82) is 0 Å². The predicted molar refractivity (Wildman–Crippen MR) is 79.0 cm³/mol. The number of nitrogens with two attached hydrogens (primary N) is 1. The molecule has 1 rings (SSSR count). The van der Waals surface area contributed by atoms with Gasteiger partial charge in [-0.05, 0) is 12.0 Å². The lowest BCUT2D eigenvalue weighted by atomic mass is 10.1. The van der Waals surface area contributed by atoms with Gasteiger partial charge in [0.1, 0.15) is 6.04 Å². The first-order valence-electron chi connectivity index (χ1n) is 6.98. The van der Waals surface area contributed by atoms with E-state index in [9.17, 15) is 9.59 Å². The number of benzene rings is 1. The first kappa shape index (κ1) is 16.2. The molecule has 5 nitrogen and oxygen atoms in total. The van der Waals surface area contributed by atoms with E-state index >= 15 is 0 Å². The Balaban J connectivity index is 2.52. The lowest BCUT2D eigenvalue weighted by molar-refractivity contribution is -0.128. The summed E-state index contributed by atoms with van der Waals surface area (Å²) in [6.07, 6.45) is 1.73. The molecule has 2 amide bonds. The van der Waals surface area contributed by atoms with Crippen LogP contribution in [0.1, 0.15) is 25.3 Å². The molecular formula is C15H23N3O2. The van der Waals surface area contributed by atoms with E-state index in [-0.39, 0.29) is 18.2 Å². The molecule has 0 fully saturated rings. The molecule has 4 N–H and O–H groups in total. The van der Waals surface area contributed by atoms with Gasteiger partial charge in [0.15, 0.2) is 0 Å². The van der Waals surface area contributed by atoms with Gasteiger partial charge in [0.25, 0.3) is 0 Å². The molecule has 0 spiro atoms. The molecule has 1 aromatic rings. The highest BCUT2D eigenvalue weighted by Gasteiger charge is 2.19. The molecule has 0 saturated carbocycles. The van der Waals surface area contributed by atoms with Gasteiger partial charge >= 0.3 is 0 Å². The summed E-state index contributed by atoms with van der Waals surface area (Å²) in [5, 5.41) is 5.49. The maximum Gasteiger partial charge on any atom is 0.242 e. The quantitative estimate of drug-likeness (QED) is 0.650. The number of carbonyl (C=O) groups is 2. The molecule has 1 unspecified atom stereocenters. The zero-order valence-corrected chi connectivity index (χ0v) is 11.9. The minimum Gasteiger partial charge on any atom is -0.353 e. The molecule has 110 valence electrons. The summed E-state index contributed by atoms with van der Waals surface area (Å²) in [5.74, 6) is -0.309. The van der Waals surface area contributed by atoms with Crippen molar-refractivity contribution in [3.05, 3.63) is 35.9 Å². The predicted octanol–water partition coefficient (Wildman–Crippen LogP) is 0.589. The average molecular weight is 277 g/mol. The zero-order chi connectivity index (χ0) is 14.8. The second-order valence-corrected chi connectivity index (χ2v) is 4.65. The van der Waals surface area contributed by atoms with E-state index in [1.165, 1.54) is 0 Å². The molecule has 0 radical (unpaired) electrons. The molecule has 0 aliphatic carbocycles. The third-order valence-corrected chi connectivity index (χ3v) is 2.88. The van der Waals surface area contributed by atoms with Crippen molar-refractivity contribution < 1.29 is 9.59 Å². The number of hydrogen-bond donors (Lipinski definition) is 3. The van der Waals surface area contributed by atoms with Gasteiger partial charge in [-0.2, -0.15) is 0 Å². The summed E-state index contributed by atoms with van der Waals surface area (Å²) < 4.78 is 0. The van der Waals surface area contributed by atoms with Crippen molar-refractivity contribution in [3.63, 3.8) is 0 Å². The Kier molecular flexibility index (Phi) is 7.35. The maximum atomic E-state index is 12.0. The number of rotatable bonds is 8. The van der Waals surface area contributed by atoms with E-state index in [0.29, 0.717) is 19.5 Å². The zero-order valence-electron chi connectivity index (χ0n) is 11.9. The van der Waals surface area contributed by atoms with Crippen LogP contribution in [0.15, 0.2) is 30.3 Å². The second kappa shape index (κ2) is 9.09. The van der Waals surface area contributed by atoms with Crippen LogP contribution in [-0.2, 0) is 16.0 Å². The lowest BCUT2D eigenvalue weighted by Crippen LogP contribution is -2.48. The van der Waals surface area contributed by atoms with Gasteiger partial charge in [-0.15, -0.1) is 0 Å². The van der Waals surface area contributed by atoms with Crippen LogP contribution in [0, 0.1) is 0 Å². The highest BCUT2D eigenvalue weighted by molar-refractivity contribution is 5.88. The Bertz CT molecular complexity index is 420. The van der Waals surface area contributed by atoms with Gasteiger partial charge in [0.2, 0.25) is 11.8 Å². The Morgan fingerprint density at radius 1 is 1.25 bits per heavy atom. The third kappa shape index (κ3) is 5.84. The van der Waals surface area contributed by atoms with Crippen LogP contribution in [0.4, 0.5) is 0 Å². The number of nitrogens with one attached hydrogen (secondary N) is 2. The van der Waals surface area contributed by atoms with Gasteiger partial charge in [0, 0.05) is 13.1 Å². The fourth-order valence-corrected chi connectivity index (χ4v) is 1.90. The van der Waals surface area contributed by atoms with Gasteiger partial charge < -0.3 is 16.4 Å². The van der Waals surface area contributed by atoms with Crippen LogP contribution < -0.4 is 16.4 Å². The van der Waals surface area contributed by atoms with Crippen LogP contribution >= 0.6 is 0 Å². The molecule has 0 aliphatic heterocycles. The molecule has 0 saturated heterocycles. The third-order valence-electron chi connectivity index (χ3n) is 2.88. The van der Waals surface area contributed by atoms with Crippen molar-refractivity contribution in [2.45, 2.75) is 32.2 Å². The standard InChI is InChI=1S/C15H23N3O2/c1-2-6-13(15(20)17-10-9-16)18-14(19)11-12-7-4-3-5-8-12/h3-5,7-8,13H,2,6,9-11,16H2,1H3,(H,17,20)(H,18,19). The Morgan fingerprint density at radius 2 is 1.95 bits per heavy atom. The number of hydrogen-bond acceptors (Lipinski definition) is 3. The van der Waals surface area contributed by atoms with Gasteiger partial charge in [-0.1, -0.05) is 43.7 Å². The minimum absolute atomic E-state index is 0.141. The Labute approximate surface area is 119 Å². The van der Waals surface area contributed by atoms with Crippen LogP contribution in [0.5, 0.6) is 0 Å². The lowest BCUT2D eigenvalue weighted by Gasteiger charge is -2.17. The van der Waals surface area contributed by atoms with Crippen molar-refractivity contribution in [2.24, 2.45) is 5.73 Å². The molecule has 0 aromatic heterocycles. The summed E-state index contributed by atoms with van der Waals surface area (Å²) in [6, 6.07) is 8.98. The van der Waals surface area contributed by atoms with Crippen molar-refractivity contribution in [1.82, 2.24) is 10.6 Å². The molecule has 1 atom stereocenters. The van der Waals surface area contributed by atoms with Gasteiger partial charge in [-0.25, -0.2) is 0 Å².